The Labute approximate surface area is 183 Å². The number of halogens is 3. The topological polar surface area (TPSA) is 27.0 Å². The van der Waals surface area contributed by atoms with Crippen LogP contribution in [0.25, 0.3) is 0 Å². The van der Waals surface area contributed by atoms with Gasteiger partial charge in [-0.1, -0.05) is 49.4 Å². The van der Waals surface area contributed by atoms with Crippen molar-refractivity contribution in [2.45, 2.75) is 63.6 Å². The van der Waals surface area contributed by atoms with Crippen molar-refractivity contribution in [2.75, 3.05) is 13.1 Å². The zero-order valence-electron chi connectivity index (χ0n) is 18.3. The van der Waals surface area contributed by atoms with Gasteiger partial charge in [-0.05, 0) is 74.8 Å². The van der Waals surface area contributed by atoms with E-state index in [9.17, 15) is 18.4 Å². The van der Waals surface area contributed by atoms with Gasteiger partial charge >= 0.3 is 6.18 Å². The number of alkyl halides is 3. The molecule has 1 saturated carbocycles. The maximum absolute atomic E-state index is 13.0. The average Bonchev–Trinajstić information content (AvgIpc) is 3.61. The number of likely N-dealkylation sites (N-methyl/N-ethyl adjacent to an activating group) is 1. The largest absolute Gasteiger partial charge is 0.416 e. The van der Waals surface area contributed by atoms with Gasteiger partial charge in [0, 0.05) is 12.6 Å². The van der Waals surface area contributed by atoms with E-state index in [1.807, 2.05) is 6.07 Å². The molecule has 2 unspecified atom stereocenters. The summed E-state index contributed by atoms with van der Waals surface area (Å²) < 4.78 is 38.9. The first-order valence-electron chi connectivity index (χ1n) is 11.2. The Morgan fingerprint density at radius 1 is 1.03 bits per heavy atom. The molecule has 1 fully saturated rings. The fourth-order valence-electron chi connectivity index (χ4n) is 4.56. The van der Waals surface area contributed by atoms with Crippen LogP contribution in [0.1, 0.15) is 56.2 Å². The van der Waals surface area contributed by atoms with E-state index in [-0.39, 0.29) is 5.92 Å². The monoisotopic (exact) mass is 428 g/mol. The lowest BCUT2D eigenvalue weighted by Gasteiger charge is -2.33. The van der Waals surface area contributed by atoms with E-state index < -0.39 is 17.2 Å². The first-order chi connectivity index (χ1) is 14.8. The van der Waals surface area contributed by atoms with Crippen LogP contribution in [0.15, 0.2) is 54.6 Å². The Morgan fingerprint density at radius 2 is 1.65 bits per heavy atom. The third-order valence-electron chi connectivity index (χ3n) is 6.72. The van der Waals surface area contributed by atoms with Crippen molar-refractivity contribution in [2.24, 2.45) is 5.92 Å². The van der Waals surface area contributed by atoms with Crippen LogP contribution in [0, 0.1) is 17.2 Å². The molecule has 0 heterocycles. The SMILES string of the molecule is CCN(CCc1ccccc1)C(C)CCC(C#N)(c1ccc(C(F)(F)F)cc1)C1CC1. The van der Waals surface area contributed by atoms with Gasteiger partial charge in [-0.25, -0.2) is 0 Å². The Bertz CT molecular complexity index is 866. The zero-order valence-corrected chi connectivity index (χ0v) is 18.3. The molecule has 0 bridgehead atoms. The lowest BCUT2D eigenvalue weighted by Crippen LogP contribution is -2.37. The highest BCUT2D eigenvalue weighted by Crippen LogP contribution is 2.50. The molecule has 2 atom stereocenters. The van der Waals surface area contributed by atoms with Crippen molar-refractivity contribution in [1.29, 1.82) is 5.26 Å². The van der Waals surface area contributed by atoms with Gasteiger partial charge in [-0.2, -0.15) is 18.4 Å². The summed E-state index contributed by atoms with van der Waals surface area (Å²) in [6.07, 6.45) is 0.0609. The van der Waals surface area contributed by atoms with Gasteiger partial charge in [0.25, 0.3) is 0 Å². The molecule has 0 radical (unpaired) electrons. The molecular formula is C26H31F3N2. The summed E-state index contributed by atoms with van der Waals surface area (Å²) in [5.74, 6) is 0.237. The third-order valence-corrected chi connectivity index (χ3v) is 6.72. The van der Waals surface area contributed by atoms with Crippen LogP contribution < -0.4 is 0 Å². The van der Waals surface area contributed by atoms with Crippen LogP contribution in [0.4, 0.5) is 13.2 Å². The van der Waals surface area contributed by atoms with E-state index in [1.165, 1.54) is 17.7 Å². The van der Waals surface area contributed by atoms with Crippen molar-refractivity contribution in [3.8, 4) is 6.07 Å². The number of nitrogens with zero attached hydrogens (tertiary/aromatic N) is 2. The Morgan fingerprint density at radius 3 is 2.16 bits per heavy atom. The van der Waals surface area contributed by atoms with Crippen molar-refractivity contribution >= 4 is 0 Å². The van der Waals surface area contributed by atoms with Gasteiger partial charge in [-0.15, -0.1) is 0 Å². The minimum Gasteiger partial charge on any atom is -0.301 e. The van der Waals surface area contributed by atoms with Crippen LogP contribution in [0.5, 0.6) is 0 Å². The molecule has 2 nitrogen and oxygen atoms in total. The van der Waals surface area contributed by atoms with Crippen LogP contribution in [-0.2, 0) is 18.0 Å². The Hall–Kier alpha value is -2.32. The summed E-state index contributed by atoms with van der Waals surface area (Å²) in [4.78, 5) is 2.43. The predicted molar refractivity (Wildman–Crippen MR) is 118 cm³/mol. The summed E-state index contributed by atoms with van der Waals surface area (Å²) in [6.45, 7) is 6.22. The van der Waals surface area contributed by atoms with Gasteiger partial charge in [-0.3, -0.25) is 0 Å². The van der Waals surface area contributed by atoms with Crippen molar-refractivity contribution in [3.05, 3.63) is 71.3 Å². The van der Waals surface area contributed by atoms with Crippen molar-refractivity contribution in [1.82, 2.24) is 4.90 Å². The summed E-state index contributed by atoms with van der Waals surface area (Å²) in [6, 6.07) is 18.5. The van der Waals surface area contributed by atoms with Gasteiger partial charge in [0.1, 0.15) is 0 Å². The van der Waals surface area contributed by atoms with Gasteiger partial charge < -0.3 is 4.90 Å². The van der Waals surface area contributed by atoms with Crippen molar-refractivity contribution in [3.63, 3.8) is 0 Å². The molecule has 0 amide bonds. The molecule has 0 aliphatic heterocycles. The highest BCUT2D eigenvalue weighted by Gasteiger charge is 2.47. The Kier molecular flexibility index (Phi) is 7.43. The van der Waals surface area contributed by atoms with Crippen LogP contribution in [0.2, 0.25) is 0 Å². The number of hydrogen-bond acceptors (Lipinski definition) is 2. The smallest absolute Gasteiger partial charge is 0.301 e. The molecule has 0 aromatic heterocycles. The third kappa shape index (κ3) is 5.68. The van der Waals surface area contributed by atoms with E-state index in [2.05, 4.69) is 49.1 Å². The summed E-state index contributed by atoms with van der Waals surface area (Å²) in [7, 11) is 0. The molecule has 1 aliphatic rings. The highest BCUT2D eigenvalue weighted by atomic mass is 19.4. The normalized spacial score (nSPS) is 17.2. The molecule has 2 aromatic rings. The second kappa shape index (κ2) is 9.87. The molecule has 3 rings (SSSR count). The number of rotatable bonds is 10. The first-order valence-corrected chi connectivity index (χ1v) is 11.2. The molecular weight excluding hydrogens is 397 g/mol. The van der Waals surface area contributed by atoms with Gasteiger partial charge in [0.15, 0.2) is 0 Å². The molecule has 31 heavy (non-hydrogen) atoms. The number of benzene rings is 2. The first kappa shape index (κ1) is 23.3. The van der Waals surface area contributed by atoms with Crippen molar-refractivity contribution < 1.29 is 13.2 Å². The Balaban J connectivity index is 1.68. The lowest BCUT2D eigenvalue weighted by molar-refractivity contribution is -0.137. The van der Waals surface area contributed by atoms with E-state index in [1.54, 1.807) is 0 Å². The highest BCUT2D eigenvalue weighted by molar-refractivity contribution is 5.38. The molecule has 0 N–H and O–H groups in total. The molecule has 2 aromatic carbocycles. The summed E-state index contributed by atoms with van der Waals surface area (Å²) in [5, 5.41) is 10.1. The minimum atomic E-state index is -4.36. The molecule has 5 heteroatoms. The van der Waals surface area contributed by atoms with Gasteiger partial charge in [0.2, 0.25) is 0 Å². The zero-order chi connectivity index (χ0) is 22.5. The van der Waals surface area contributed by atoms with E-state index in [4.69, 9.17) is 0 Å². The summed E-state index contributed by atoms with van der Waals surface area (Å²) in [5.41, 5.74) is 0.676. The fourth-order valence-corrected chi connectivity index (χ4v) is 4.56. The second-order valence-corrected chi connectivity index (χ2v) is 8.68. The van der Waals surface area contributed by atoms with Crippen LogP contribution >= 0.6 is 0 Å². The van der Waals surface area contributed by atoms with Crippen LogP contribution in [0.3, 0.4) is 0 Å². The molecule has 0 spiro atoms. The maximum Gasteiger partial charge on any atom is 0.416 e. The predicted octanol–water partition coefficient (Wildman–Crippen LogP) is 6.61. The second-order valence-electron chi connectivity index (χ2n) is 8.68. The van der Waals surface area contributed by atoms with E-state index >= 15 is 0 Å². The lowest BCUT2D eigenvalue weighted by atomic mass is 9.73. The minimum absolute atomic E-state index is 0.237. The fraction of sp³-hybridized carbons (Fsp3) is 0.500. The number of hydrogen-bond donors (Lipinski definition) is 0. The average molecular weight is 429 g/mol. The maximum atomic E-state index is 13.0. The number of nitriles is 1. The standard InChI is InChI=1S/C26H31F3N2/c1-3-31(18-16-21-7-5-4-6-8-21)20(2)15-17-25(19-30,22-9-10-22)23-11-13-24(14-12-23)26(27,28)29/h4-8,11-14,20,22H,3,9-10,15-18H2,1-2H3. The molecule has 1 aliphatic carbocycles. The quantitative estimate of drug-likeness (QED) is 0.426. The molecule has 0 saturated heterocycles. The summed E-state index contributed by atoms with van der Waals surface area (Å²) >= 11 is 0. The van der Waals surface area contributed by atoms with Crippen LogP contribution in [-0.4, -0.2) is 24.0 Å². The van der Waals surface area contributed by atoms with Gasteiger partial charge in [0.05, 0.1) is 17.0 Å². The van der Waals surface area contributed by atoms with E-state index in [0.717, 1.165) is 56.5 Å². The van der Waals surface area contributed by atoms with E-state index in [0.29, 0.717) is 12.5 Å². The molecule has 166 valence electrons.